The van der Waals surface area contributed by atoms with Crippen molar-refractivity contribution in [3.05, 3.63) is 0 Å². The van der Waals surface area contributed by atoms with Crippen LogP contribution < -0.4 is 0 Å². The number of amides is 1. The number of unbranched alkanes of at least 4 members (excludes halogenated alkanes) is 2. The average Bonchev–Trinajstić information content (AvgIpc) is 2.63. The van der Waals surface area contributed by atoms with Gasteiger partial charge in [0, 0.05) is 25.9 Å². The van der Waals surface area contributed by atoms with Gasteiger partial charge >= 0.3 is 5.97 Å². The van der Waals surface area contributed by atoms with Crippen LogP contribution in [-0.4, -0.2) is 36.5 Å². The fourth-order valence-corrected chi connectivity index (χ4v) is 3.01. The standard InChI is InChI=1S/C17H31NO3/c1-3-8-15-10-11-16(19)18(14-12-15)13-7-5-6-9-17(20)21-4-2/h15H,3-14H2,1-2H3. The summed E-state index contributed by atoms with van der Waals surface area (Å²) in [4.78, 5) is 25.3. The predicted molar refractivity (Wildman–Crippen MR) is 83.9 cm³/mol. The van der Waals surface area contributed by atoms with Crippen molar-refractivity contribution in [2.24, 2.45) is 5.92 Å². The van der Waals surface area contributed by atoms with Crippen LogP contribution in [0.25, 0.3) is 0 Å². The van der Waals surface area contributed by atoms with Gasteiger partial charge in [-0.2, -0.15) is 0 Å². The summed E-state index contributed by atoms with van der Waals surface area (Å²) in [5.41, 5.74) is 0. The fraction of sp³-hybridized carbons (Fsp3) is 0.882. The number of esters is 1. The van der Waals surface area contributed by atoms with E-state index in [1.807, 2.05) is 11.8 Å². The van der Waals surface area contributed by atoms with E-state index in [0.29, 0.717) is 25.4 Å². The minimum atomic E-state index is -0.106. The highest BCUT2D eigenvalue weighted by atomic mass is 16.5. The number of carbonyl (C=O) groups is 2. The second-order valence-corrected chi connectivity index (χ2v) is 5.98. The highest BCUT2D eigenvalue weighted by molar-refractivity contribution is 5.76. The number of hydrogen-bond donors (Lipinski definition) is 0. The Morgan fingerprint density at radius 2 is 2.05 bits per heavy atom. The molecule has 1 saturated heterocycles. The van der Waals surface area contributed by atoms with Crippen LogP contribution >= 0.6 is 0 Å². The molecule has 1 heterocycles. The highest BCUT2D eigenvalue weighted by Crippen LogP contribution is 2.22. The van der Waals surface area contributed by atoms with Gasteiger partial charge in [0.15, 0.2) is 0 Å². The lowest BCUT2D eigenvalue weighted by atomic mass is 9.96. The molecule has 0 N–H and O–H groups in total. The highest BCUT2D eigenvalue weighted by Gasteiger charge is 2.21. The lowest BCUT2D eigenvalue weighted by molar-refractivity contribution is -0.143. The number of ether oxygens (including phenoxy) is 1. The molecule has 1 aliphatic rings. The molecule has 122 valence electrons. The molecular weight excluding hydrogens is 266 g/mol. The zero-order valence-electron chi connectivity index (χ0n) is 13.7. The van der Waals surface area contributed by atoms with E-state index >= 15 is 0 Å². The third kappa shape index (κ3) is 7.49. The maximum atomic E-state index is 12.1. The lowest BCUT2D eigenvalue weighted by Gasteiger charge is -2.20. The quantitative estimate of drug-likeness (QED) is 0.483. The third-order valence-electron chi connectivity index (χ3n) is 4.24. The molecular formula is C17H31NO3. The summed E-state index contributed by atoms with van der Waals surface area (Å²) in [5.74, 6) is 0.942. The maximum Gasteiger partial charge on any atom is 0.305 e. The molecule has 0 aromatic heterocycles. The van der Waals surface area contributed by atoms with Crippen LogP contribution in [0, 0.1) is 5.92 Å². The van der Waals surface area contributed by atoms with E-state index in [1.54, 1.807) is 0 Å². The predicted octanol–water partition coefficient (Wildman–Crippen LogP) is 3.54. The van der Waals surface area contributed by atoms with Crippen molar-refractivity contribution in [3.8, 4) is 0 Å². The second-order valence-electron chi connectivity index (χ2n) is 5.98. The van der Waals surface area contributed by atoms with Crippen LogP contribution in [0.15, 0.2) is 0 Å². The van der Waals surface area contributed by atoms with Crippen molar-refractivity contribution >= 4 is 11.9 Å². The zero-order valence-corrected chi connectivity index (χ0v) is 13.7. The Balaban J connectivity index is 2.16. The van der Waals surface area contributed by atoms with Crippen molar-refractivity contribution in [3.63, 3.8) is 0 Å². The molecule has 21 heavy (non-hydrogen) atoms. The summed E-state index contributed by atoms with van der Waals surface area (Å²) in [6.45, 7) is 6.27. The summed E-state index contributed by atoms with van der Waals surface area (Å²) >= 11 is 0. The SMILES string of the molecule is CCCC1CCC(=O)N(CCCCCC(=O)OCC)CC1. The van der Waals surface area contributed by atoms with Gasteiger partial charge in [-0.05, 0) is 38.5 Å². The Labute approximate surface area is 129 Å². The van der Waals surface area contributed by atoms with E-state index in [9.17, 15) is 9.59 Å². The molecule has 1 amide bonds. The number of hydrogen-bond acceptors (Lipinski definition) is 3. The molecule has 4 nitrogen and oxygen atoms in total. The molecule has 0 spiro atoms. The molecule has 4 heteroatoms. The van der Waals surface area contributed by atoms with Crippen LogP contribution in [0.4, 0.5) is 0 Å². The van der Waals surface area contributed by atoms with Crippen molar-refractivity contribution in [1.29, 1.82) is 0 Å². The molecule has 1 fully saturated rings. The largest absolute Gasteiger partial charge is 0.466 e. The average molecular weight is 297 g/mol. The minimum Gasteiger partial charge on any atom is -0.466 e. The molecule has 0 aromatic carbocycles. The van der Waals surface area contributed by atoms with Gasteiger partial charge in [0.25, 0.3) is 0 Å². The van der Waals surface area contributed by atoms with Crippen LogP contribution in [0.3, 0.4) is 0 Å². The van der Waals surface area contributed by atoms with E-state index in [1.165, 1.54) is 12.8 Å². The summed E-state index contributed by atoms with van der Waals surface area (Å²) in [7, 11) is 0. The van der Waals surface area contributed by atoms with Crippen LogP contribution in [-0.2, 0) is 14.3 Å². The normalized spacial score (nSPS) is 19.4. The number of rotatable bonds is 9. The van der Waals surface area contributed by atoms with Crippen molar-refractivity contribution in [2.45, 2.75) is 71.6 Å². The van der Waals surface area contributed by atoms with Crippen molar-refractivity contribution in [1.82, 2.24) is 4.90 Å². The molecule has 1 rings (SSSR count). The van der Waals surface area contributed by atoms with E-state index in [-0.39, 0.29) is 5.97 Å². The Kier molecular flexibility index (Phi) is 9.11. The van der Waals surface area contributed by atoms with Gasteiger partial charge < -0.3 is 9.64 Å². The minimum absolute atomic E-state index is 0.106. The summed E-state index contributed by atoms with van der Waals surface area (Å²) < 4.78 is 4.90. The van der Waals surface area contributed by atoms with Gasteiger partial charge in [0.2, 0.25) is 5.91 Å². The topological polar surface area (TPSA) is 46.6 Å². The Morgan fingerprint density at radius 3 is 2.76 bits per heavy atom. The zero-order chi connectivity index (χ0) is 15.5. The number of carbonyl (C=O) groups excluding carboxylic acids is 2. The van der Waals surface area contributed by atoms with Crippen LogP contribution in [0.5, 0.6) is 0 Å². The van der Waals surface area contributed by atoms with Crippen molar-refractivity contribution < 1.29 is 14.3 Å². The molecule has 1 unspecified atom stereocenters. The van der Waals surface area contributed by atoms with Gasteiger partial charge in [-0.25, -0.2) is 0 Å². The van der Waals surface area contributed by atoms with Gasteiger partial charge in [-0.15, -0.1) is 0 Å². The summed E-state index contributed by atoms with van der Waals surface area (Å²) in [6, 6.07) is 0. The molecule has 0 aliphatic carbocycles. The number of likely N-dealkylation sites (tertiary alicyclic amines) is 1. The summed E-state index contributed by atoms with van der Waals surface area (Å²) in [6.07, 6.45) is 8.74. The van der Waals surface area contributed by atoms with Crippen LogP contribution in [0.1, 0.15) is 71.6 Å². The third-order valence-corrected chi connectivity index (χ3v) is 4.24. The van der Waals surface area contributed by atoms with Gasteiger partial charge in [-0.1, -0.05) is 26.2 Å². The first-order valence-electron chi connectivity index (χ1n) is 8.60. The monoisotopic (exact) mass is 297 g/mol. The maximum absolute atomic E-state index is 12.1. The van der Waals surface area contributed by atoms with Crippen molar-refractivity contribution in [2.75, 3.05) is 19.7 Å². The first kappa shape index (κ1) is 18.0. The fourth-order valence-electron chi connectivity index (χ4n) is 3.01. The second kappa shape index (κ2) is 10.6. The Bertz CT molecular complexity index is 317. The van der Waals surface area contributed by atoms with E-state index in [2.05, 4.69) is 6.92 Å². The molecule has 1 aliphatic heterocycles. The molecule has 1 atom stereocenters. The molecule has 0 saturated carbocycles. The van der Waals surface area contributed by atoms with E-state index in [0.717, 1.165) is 51.1 Å². The summed E-state index contributed by atoms with van der Waals surface area (Å²) in [5, 5.41) is 0. The Morgan fingerprint density at radius 1 is 1.24 bits per heavy atom. The van der Waals surface area contributed by atoms with Crippen LogP contribution in [0.2, 0.25) is 0 Å². The van der Waals surface area contributed by atoms with E-state index < -0.39 is 0 Å². The van der Waals surface area contributed by atoms with Gasteiger partial charge in [-0.3, -0.25) is 9.59 Å². The molecule has 0 radical (unpaired) electrons. The molecule has 0 aromatic rings. The Hall–Kier alpha value is -1.06. The van der Waals surface area contributed by atoms with E-state index in [4.69, 9.17) is 4.74 Å². The van der Waals surface area contributed by atoms with Gasteiger partial charge in [0.05, 0.1) is 6.61 Å². The van der Waals surface area contributed by atoms with Gasteiger partial charge in [0.1, 0.15) is 0 Å². The molecule has 0 bridgehead atoms. The first-order chi connectivity index (χ1) is 10.2. The first-order valence-corrected chi connectivity index (χ1v) is 8.60. The lowest BCUT2D eigenvalue weighted by Crippen LogP contribution is -2.31. The smallest absolute Gasteiger partial charge is 0.305 e. The number of nitrogens with zero attached hydrogens (tertiary/aromatic N) is 1.